The van der Waals surface area contributed by atoms with Crippen molar-refractivity contribution in [3.05, 3.63) is 65.7 Å². The van der Waals surface area contributed by atoms with Crippen LogP contribution in [-0.2, 0) is 11.3 Å². The monoisotopic (exact) mass is 323 g/mol. The van der Waals surface area contributed by atoms with Crippen molar-refractivity contribution in [3.63, 3.8) is 0 Å². The van der Waals surface area contributed by atoms with Crippen LogP contribution in [0, 0.1) is 6.92 Å². The van der Waals surface area contributed by atoms with Gasteiger partial charge in [-0.2, -0.15) is 0 Å². The fraction of sp³-hybridized carbons (Fsp3) is 0.278. The van der Waals surface area contributed by atoms with Gasteiger partial charge in [-0.1, -0.05) is 29.8 Å². The smallest absolute Gasteiger partial charge is 0.242 e. The second kappa shape index (κ2) is 6.80. The van der Waals surface area contributed by atoms with E-state index in [0.29, 0.717) is 12.3 Å². The quantitative estimate of drug-likeness (QED) is 0.780. The number of nitrogens with zero attached hydrogens (tertiary/aromatic N) is 4. The molecular weight excluding hydrogens is 302 g/mol. The summed E-state index contributed by atoms with van der Waals surface area (Å²) in [6, 6.07) is 9.53. The Hall–Kier alpha value is -2.73. The largest absolute Gasteiger partial charge is 0.349 e. The van der Waals surface area contributed by atoms with E-state index in [9.17, 15) is 4.79 Å². The summed E-state index contributed by atoms with van der Waals surface area (Å²) in [5.41, 5.74) is 2.90. The van der Waals surface area contributed by atoms with Crippen molar-refractivity contribution < 1.29 is 4.79 Å². The molecule has 3 aromatic rings. The van der Waals surface area contributed by atoms with E-state index in [-0.39, 0.29) is 11.9 Å². The standard InChI is InChI=1S/C18H21N5O/c1-13-6-4-7-14(10-13)16(22(2)3)17(24)20-11-15-12-23-9-5-8-19-18(23)21-15/h4-10,12,16H,11H2,1-3H3,(H,20,24)/t16-/m1/s1. The molecule has 124 valence electrons. The molecule has 2 heterocycles. The lowest BCUT2D eigenvalue weighted by molar-refractivity contribution is -0.126. The Bertz CT molecular complexity index is 822. The van der Waals surface area contributed by atoms with E-state index in [0.717, 1.165) is 16.8 Å². The van der Waals surface area contributed by atoms with Gasteiger partial charge in [-0.05, 0) is 32.6 Å². The summed E-state index contributed by atoms with van der Waals surface area (Å²) >= 11 is 0. The highest BCUT2D eigenvalue weighted by Crippen LogP contribution is 2.19. The van der Waals surface area contributed by atoms with Gasteiger partial charge in [0, 0.05) is 18.6 Å². The van der Waals surface area contributed by atoms with Gasteiger partial charge in [-0.15, -0.1) is 0 Å². The molecule has 0 aliphatic rings. The molecule has 3 rings (SSSR count). The Morgan fingerprint density at radius 3 is 2.88 bits per heavy atom. The molecule has 0 unspecified atom stereocenters. The van der Waals surface area contributed by atoms with Gasteiger partial charge in [-0.3, -0.25) is 14.1 Å². The van der Waals surface area contributed by atoms with Gasteiger partial charge in [0.2, 0.25) is 11.7 Å². The minimum absolute atomic E-state index is 0.0457. The van der Waals surface area contributed by atoms with Gasteiger partial charge < -0.3 is 5.32 Å². The molecule has 1 atom stereocenters. The minimum Gasteiger partial charge on any atom is -0.349 e. The predicted octanol–water partition coefficient (Wildman–Crippen LogP) is 1.96. The van der Waals surface area contributed by atoms with Crippen molar-refractivity contribution in [1.82, 2.24) is 24.6 Å². The molecule has 0 aliphatic carbocycles. The van der Waals surface area contributed by atoms with Gasteiger partial charge >= 0.3 is 0 Å². The lowest BCUT2D eigenvalue weighted by Crippen LogP contribution is -2.36. The molecule has 0 bridgehead atoms. The number of amides is 1. The van der Waals surface area contributed by atoms with Crippen LogP contribution in [0.5, 0.6) is 0 Å². The normalized spacial score (nSPS) is 12.5. The van der Waals surface area contributed by atoms with E-state index in [1.807, 2.05) is 73.0 Å². The molecule has 6 heteroatoms. The number of nitrogens with one attached hydrogen (secondary N) is 1. The third-order valence-electron chi connectivity index (χ3n) is 3.85. The van der Waals surface area contributed by atoms with Crippen LogP contribution in [0.1, 0.15) is 22.9 Å². The molecule has 24 heavy (non-hydrogen) atoms. The number of hydrogen-bond acceptors (Lipinski definition) is 4. The third-order valence-corrected chi connectivity index (χ3v) is 3.85. The van der Waals surface area contributed by atoms with E-state index < -0.39 is 0 Å². The first kappa shape index (κ1) is 16.1. The Balaban J connectivity index is 1.74. The van der Waals surface area contributed by atoms with Gasteiger partial charge in [0.25, 0.3) is 0 Å². The number of carbonyl (C=O) groups excluding carboxylic acids is 1. The van der Waals surface area contributed by atoms with Crippen LogP contribution in [0.4, 0.5) is 0 Å². The number of likely N-dealkylation sites (N-methyl/N-ethyl adjacent to an activating group) is 1. The highest BCUT2D eigenvalue weighted by atomic mass is 16.2. The zero-order valence-corrected chi connectivity index (χ0v) is 14.1. The molecule has 2 aromatic heterocycles. The van der Waals surface area contributed by atoms with E-state index in [2.05, 4.69) is 15.3 Å². The van der Waals surface area contributed by atoms with Crippen molar-refractivity contribution in [2.24, 2.45) is 0 Å². The molecule has 0 radical (unpaired) electrons. The summed E-state index contributed by atoms with van der Waals surface area (Å²) in [5.74, 6) is 0.584. The summed E-state index contributed by atoms with van der Waals surface area (Å²) in [7, 11) is 3.81. The highest BCUT2D eigenvalue weighted by Gasteiger charge is 2.22. The first-order valence-electron chi connectivity index (χ1n) is 7.84. The molecule has 0 saturated carbocycles. The van der Waals surface area contributed by atoms with Crippen molar-refractivity contribution >= 4 is 11.7 Å². The van der Waals surface area contributed by atoms with Gasteiger partial charge in [0.05, 0.1) is 12.2 Å². The van der Waals surface area contributed by atoms with Crippen LogP contribution in [0.3, 0.4) is 0 Å². The molecule has 1 aromatic carbocycles. The van der Waals surface area contributed by atoms with Crippen molar-refractivity contribution in [1.29, 1.82) is 0 Å². The molecule has 0 aliphatic heterocycles. The molecule has 0 spiro atoms. The molecule has 0 fully saturated rings. The third kappa shape index (κ3) is 3.44. The fourth-order valence-corrected chi connectivity index (χ4v) is 2.76. The number of fused-ring (bicyclic) bond motifs is 1. The zero-order chi connectivity index (χ0) is 17.1. The first-order valence-corrected chi connectivity index (χ1v) is 7.84. The summed E-state index contributed by atoms with van der Waals surface area (Å²) in [6.07, 6.45) is 5.46. The van der Waals surface area contributed by atoms with E-state index in [4.69, 9.17) is 0 Å². The second-order valence-corrected chi connectivity index (χ2v) is 6.06. The van der Waals surface area contributed by atoms with Crippen LogP contribution in [0.2, 0.25) is 0 Å². The van der Waals surface area contributed by atoms with Gasteiger partial charge in [-0.25, -0.2) is 9.97 Å². The predicted molar refractivity (Wildman–Crippen MR) is 92.4 cm³/mol. The maximum atomic E-state index is 12.7. The van der Waals surface area contributed by atoms with Crippen LogP contribution in [-0.4, -0.2) is 39.3 Å². The maximum absolute atomic E-state index is 12.7. The second-order valence-electron chi connectivity index (χ2n) is 6.06. The molecule has 1 N–H and O–H groups in total. The number of aryl methyl sites for hydroxylation is 1. The Kier molecular flexibility index (Phi) is 4.57. The Labute approximate surface area is 141 Å². The average Bonchev–Trinajstić information content (AvgIpc) is 2.96. The molecule has 0 saturated heterocycles. The average molecular weight is 323 g/mol. The fourth-order valence-electron chi connectivity index (χ4n) is 2.76. The summed E-state index contributed by atoms with van der Waals surface area (Å²) in [5, 5.41) is 2.98. The minimum atomic E-state index is -0.333. The first-order chi connectivity index (χ1) is 11.5. The lowest BCUT2D eigenvalue weighted by Gasteiger charge is -2.24. The number of hydrogen-bond donors (Lipinski definition) is 1. The topological polar surface area (TPSA) is 62.5 Å². The van der Waals surface area contributed by atoms with E-state index in [1.54, 1.807) is 6.20 Å². The lowest BCUT2D eigenvalue weighted by atomic mass is 10.0. The van der Waals surface area contributed by atoms with E-state index in [1.165, 1.54) is 0 Å². The highest BCUT2D eigenvalue weighted by molar-refractivity contribution is 5.83. The number of carbonyl (C=O) groups is 1. The Morgan fingerprint density at radius 2 is 2.17 bits per heavy atom. The molecule has 6 nitrogen and oxygen atoms in total. The molecular formula is C18H21N5O. The van der Waals surface area contributed by atoms with E-state index >= 15 is 0 Å². The summed E-state index contributed by atoms with van der Waals surface area (Å²) < 4.78 is 1.84. The number of rotatable bonds is 5. The van der Waals surface area contributed by atoms with Crippen LogP contribution < -0.4 is 5.32 Å². The van der Waals surface area contributed by atoms with Crippen LogP contribution in [0.25, 0.3) is 5.78 Å². The number of imidazole rings is 1. The van der Waals surface area contributed by atoms with Gasteiger partial charge in [0.15, 0.2) is 0 Å². The maximum Gasteiger partial charge on any atom is 0.242 e. The van der Waals surface area contributed by atoms with Crippen LogP contribution >= 0.6 is 0 Å². The summed E-state index contributed by atoms with van der Waals surface area (Å²) in [4.78, 5) is 23.2. The summed E-state index contributed by atoms with van der Waals surface area (Å²) in [6.45, 7) is 2.40. The van der Waals surface area contributed by atoms with Crippen molar-refractivity contribution in [3.8, 4) is 0 Å². The van der Waals surface area contributed by atoms with Gasteiger partial charge in [0.1, 0.15) is 6.04 Å². The Morgan fingerprint density at radius 1 is 1.33 bits per heavy atom. The molecule has 1 amide bonds. The number of aromatic nitrogens is 3. The SMILES string of the molecule is Cc1cccc([C@H](C(=O)NCc2cn3cccnc3n2)N(C)C)c1. The zero-order valence-electron chi connectivity index (χ0n) is 14.1. The number of benzene rings is 1. The van der Waals surface area contributed by atoms with Crippen LogP contribution in [0.15, 0.2) is 48.9 Å². The van der Waals surface area contributed by atoms with Crippen molar-refractivity contribution in [2.45, 2.75) is 19.5 Å². The van der Waals surface area contributed by atoms with Crippen molar-refractivity contribution in [2.75, 3.05) is 14.1 Å².